The van der Waals surface area contributed by atoms with Crippen molar-refractivity contribution in [1.29, 1.82) is 0 Å². The van der Waals surface area contributed by atoms with Crippen molar-refractivity contribution in [2.45, 2.75) is 19.1 Å². The predicted molar refractivity (Wildman–Crippen MR) is 40.1 cm³/mol. The molecular weight excluding hydrogens is 160 g/mol. The third-order valence-corrected chi connectivity index (χ3v) is 1.80. The van der Waals surface area contributed by atoms with Crippen LogP contribution in [0.25, 0.3) is 0 Å². The van der Waals surface area contributed by atoms with E-state index >= 15 is 0 Å². The van der Waals surface area contributed by atoms with E-state index in [1.54, 1.807) is 0 Å². The van der Waals surface area contributed by atoms with Crippen LogP contribution >= 0.6 is 0 Å². The Kier molecular flexibility index (Phi) is 2.94. The highest BCUT2D eigenvalue weighted by Gasteiger charge is 2.30. The fraction of sp³-hybridized carbons (Fsp3) is 0.875. The molecule has 2 aliphatic rings. The van der Waals surface area contributed by atoms with Crippen LogP contribution in [0.5, 0.6) is 0 Å². The molecule has 2 saturated heterocycles. The molecule has 12 heavy (non-hydrogen) atoms. The summed E-state index contributed by atoms with van der Waals surface area (Å²) in [6, 6.07) is 0. The summed E-state index contributed by atoms with van der Waals surface area (Å²) in [6.45, 7) is 2.86. The van der Waals surface area contributed by atoms with Crippen LogP contribution in [-0.2, 0) is 18.9 Å². The smallest absolute Gasteiger partial charge is 0.282 e. The number of hydrogen-bond acceptors (Lipinski definition) is 4. The molecule has 0 saturated carbocycles. The van der Waals surface area contributed by atoms with Crippen molar-refractivity contribution in [3.05, 3.63) is 6.29 Å². The zero-order chi connectivity index (χ0) is 8.23. The Morgan fingerprint density at radius 1 is 0.833 bits per heavy atom. The monoisotopic (exact) mass is 173 g/mol. The van der Waals surface area contributed by atoms with E-state index in [-0.39, 0.29) is 6.29 Å². The topological polar surface area (TPSA) is 36.9 Å². The molecule has 0 unspecified atom stereocenters. The van der Waals surface area contributed by atoms with Crippen LogP contribution in [0.4, 0.5) is 0 Å². The predicted octanol–water partition coefficient (Wildman–Crippen LogP) is 0.676. The lowest BCUT2D eigenvalue weighted by molar-refractivity contribution is -0.256. The molecule has 2 rings (SSSR count). The second-order valence-electron chi connectivity index (χ2n) is 2.80. The lowest BCUT2D eigenvalue weighted by atomic mass is 10.4. The standard InChI is InChI=1S/C8H13O4/c1-3-9-7(10-4-1)8-11-5-2-6-12-8/h7H,1-6H2. The first kappa shape index (κ1) is 8.44. The van der Waals surface area contributed by atoms with Crippen LogP contribution in [0.2, 0.25) is 0 Å². The van der Waals surface area contributed by atoms with Gasteiger partial charge in [-0.05, 0) is 12.8 Å². The van der Waals surface area contributed by atoms with Gasteiger partial charge in [0.1, 0.15) is 0 Å². The molecule has 2 aliphatic heterocycles. The molecular formula is C8H13O4. The van der Waals surface area contributed by atoms with Crippen LogP contribution in [0.15, 0.2) is 0 Å². The average molecular weight is 173 g/mol. The number of ether oxygens (including phenoxy) is 4. The van der Waals surface area contributed by atoms with Crippen molar-refractivity contribution in [3.63, 3.8) is 0 Å². The van der Waals surface area contributed by atoms with Crippen molar-refractivity contribution < 1.29 is 18.9 Å². The van der Waals surface area contributed by atoms with Crippen molar-refractivity contribution in [2.75, 3.05) is 26.4 Å². The molecule has 1 radical (unpaired) electrons. The van der Waals surface area contributed by atoms with E-state index in [9.17, 15) is 0 Å². The normalized spacial score (nSPS) is 29.0. The summed E-state index contributed by atoms with van der Waals surface area (Å²) in [4.78, 5) is 0. The van der Waals surface area contributed by atoms with E-state index in [1.165, 1.54) is 0 Å². The Morgan fingerprint density at radius 2 is 1.42 bits per heavy atom. The Labute approximate surface area is 71.7 Å². The van der Waals surface area contributed by atoms with Gasteiger partial charge in [-0.15, -0.1) is 0 Å². The Morgan fingerprint density at radius 3 is 2.08 bits per heavy atom. The van der Waals surface area contributed by atoms with Crippen LogP contribution in [-0.4, -0.2) is 32.7 Å². The molecule has 0 aromatic rings. The van der Waals surface area contributed by atoms with E-state index < -0.39 is 0 Å². The zero-order valence-electron chi connectivity index (χ0n) is 6.95. The van der Waals surface area contributed by atoms with Crippen LogP contribution in [0.1, 0.15) is 12.8 Å². The molecule has 0 N–H and O–H groups in total. The van der Waals surface area contributed by atoms with Gasteiger partial charge in [0, 0.05) is 0 Å². The van der Waals surface area contributed by atoms with Gasteiger partial charge in [0.05, 0.1) is 26.4 Å². The van der Waals surface area contributed by atoms with Gasteiger partial charge in [0.2, 0.25) is 6.29 Å². The quantitative estimate of drug-likeness (QED) is 0.584. The molecule has 4 nitrogen and oxygen atoms in total. The summed E-state index contributed by atoms with van der Waals surface area (Å²) in [7, 11) is 0. The van der Waals surface area contributed by atoms with E-state index in [2.05, 4.69) is 0 Å². The SMILES string of the molecule is C1CO[C](C2OCCCO2)OC1. The fourth-order valence-electron chi connectivity index (χ4n) is 1.21. The van der Waals surface area contributed by atoms with Gasteiger partial charge < -0.3 is 18.9 Å². The fourth-order valence-corrected chi connectivity index (χ4v) is 1.21. The molecule has 0 aromatic heterocycles. The van der Waals surface area contributed by atoms with Gasteiger partial charge in [-0.1, -0.05) is 0 Å². The van der Waals surface area contributed by atoms with Crippen molar-refractivity contribution >= 4 is 0 Å². The van der Waals surface area contributed by atoms with E-state index in [4.69, 9.17) is 18.9 Å². The van der Waals surface area contributed by atoms with Crippen molar-refractivity contribution in [3.8, 4) is 0 Å². The van der Waals surface area contributed by atoms with Gasteiger partial charge in [-0.3, -0.25) is 0 Å². The van der Waals surface area contributed by atoms with Gasteiger partial charge in [-0.25, -0.2) is 0 Å². The highest BCUT2D eigenvalue weighted by molar-refractivity contribution is 4.75. The van der Waals surface area contributed by atoms with E-state index in [0.29, 0.717) is 19.5 Å². The minimum absolute atomic E-state index is 0.390. The second kappa shape index (κ2) is 4.18. The summed E-state index contributed by atoms with van der Waals surface area (Å²) >= 11 is 0. The Hall–Kier alpha value is -0.160. The Bertz CT molecular complexity index is 111. The molecule has 0 aliphatic carbocycles. The summed E-state index contributed by atoms with van der Waals surface area (Å²) < 4.78 is 21.1. The summed E-state index contributed by atoms with van der Waals surface area (Å²) in [5.41, 5.74) is 0. The van der Waals surface area contributed by atoms with Gasteiger partial charge in [0.15, 0.2) is 0 Å². The van der Waals surface area contributed by atoms with Gasteiger partial charge >= 0.3 is 0 Å². The lowest BCUT2D eigenvalue weighted by Gasteiger charge is -2.30. The number of rotatable bonds is 1. The van der Waals surface area contributed by atoms with Crippen LogP contribution in [0.3, 0.4) is 0 Å². The lowest BCUT2D eigenvalue weighted by Crippen LogP contribution is -2.36. The van der Waals surface area contributed by atoms with Gasteiger partial charge in [0.25, 0.3) is 6.29 Å². The Balaban J connectivity index is 1.80. The molecule has 0 spiro atoms. The second-order valence-corrected chi connectivity index (χ2v) is 2.80. The van der Waals surface area contributed by atoms with E-state index in [1.807, 2.05) is 0 Å². The highest BCUT2D eigenvalue weighted by Crippen LogP contribution is 2.22. The highest BCUT2D eigenvalue weighted by atomic mass is 16.8. The maximum absolute atomic E-state index is 5.31. The average Bonchev–Trinajstić information content (AvgIpc) is 2.21. The first-order valence-electron chi connectivity index (χ1n) is 4.32. The molecule has 0 atom stereocenters. The minimum atomic E-state index is -0.390. The summed E-state index contributed by atoms with van der Waals surface area (Å²) in [5.74, 6) is 0. The molecule has 69 valence electrons. The first-order chi connectivity index (χ1) is 5.97. The molecule has 0 aromatic carbocycles. The maximum Gasteiger partial charge on any atom is 0.282 e. The molecule has 2 heterocycles. The minimum Gasteiger partial charge on any atom is -0.347 e. The molecule has 2 fully saturated rings. The van der Waals surface area contributed by atoms with Crippen LogP contribution < -0.4 is 0 Å². The molecule has 0 amide bonds. The third kappa shape index (κ3) is 1.95. The largest absolute Gasteiger partial charge is 0.347 e. The maximum atomic E-state index is 5.31. The summed E-state index contributed by atoms with van der Waals surface area (Å²) in [6.07, 6.45) is 2.00. The van der Waals surface area contributed by atoms with Crippen molar-refractivity contribution in [1.82, 2.24) is 0 Å². The zero-order valence-corrected chi connectivity index (χ0v) is 6.95. The van der Waals surface area contributed by atoms with E-state index in [0.717, 1.165) is 26.1 Å². The van der Waals surface area contributed by atoms with Crippen LogP contribution in [0, 0.1) is 6.29 Å². The first-order valence-corrected chi connectivity index (χ1v) is 4.32. The molecule has 0 bridgehead atoms. The summed E-state index contributed by atoms with van der Waals surface area (Å²) in [5, 5.41) is 0. The third-order valence-electron chi connectivity index (χ3n) is 1.80. The molecule has 4 heteroatoms. The van der Waals surface area contributed by atoms with Gasteiger partial charge in [-0.2, -0.15) is 0 Å². The number of hydrogen-bond donors (Lipinski definition) is 0. The van der Waals surface area contributed by atoms with Crippen molar-refractivity contribution in [2.24, 2.45) is 0 Å².